The van der Waals surface area contributed by atoms with Gasteiger partial charge in [0.2, 0.25) is 0 Å². The Kier molecular flexibility index (Phi) is 6.31. The molecule has 0 heterocycles. The third-order valence-electron chi connectivity index (χ3n) is 3.25. The number of hydrogen-bond acceptors (Lipinski definition) is 4. The van der Waals surface area contributed by atoms with Gasteiger partial charge in [0.15, 0.2) is 9.84 Å². The van der Waals surface area contributed by atoms with Crippen LogP contribution in [0.5, 0.6) is 0 Å². The maximum absolute atomic E-state index is 11.5. The predicted molar refractivity (Wildman–Crippen MR) is 76.5 cm³/mol. The highest BCUT2D eigenvalue weighted by Gasteiger charge is 2.26. The fraction of sp³-hybridized carbons (Fsp3) is 1.00. The summed E-state index contributed by atoms with van der Waals surface area (Å²) < 4.78 is 23.0. The van der Waals surface area contributed by atoms with E-state index in [1.165, 1.54) is 25.0 Å². The van der Waals surface area contributed by atoms with Gasteiger partial charge in [0.1, 0.15) is 0 Å². The summed E-state index contributed by atoms with van der Waals surface area (Å²) in [6, 6.07) is 0.594. The van der Waals surface area contributed by atoms with Crippen molar-refractivity contribution in [1.29, 1.82) is 0 Å². The second-order valence-corrected chi connectivity index (χ2v) is 8.83. The molecule has 0 aromatic heterocycles. The molecular formula is C12H25NO2S2. The fourth-order valence-corrected chi connectivity index (χ4v) is 4.66. The Balaban J connectivity index is 2.31. The van der Waals surface area contributed by atoms with Gasteiger partial charge in [-0.2, -0.15) is 11.8 Å². The molecule has 5 heteroatoms. The average Bonchev–Trinajstić information content (AvgIpc) is 2.65. The molecule has 0 amide bonds. The molecule has 17 heavy (non-hydrogen) atoms. The molecule has 1 saturated carbocycles. The molecule has 1 fully saturated rings. The van der Waals surface area contributed by atoms with E-state index in [-0.39, 0.29) is 17.5 Å². The van der Waals surface area contributed by atoms with Crippen molar-refractivity contribution in [2.45, 2.75) is 57.4 Å². The van der Waals surface area contributed by atoms with Crippen LogP contribution in [0, 0.1) is 0 Å². The van der Waals surface area contributed by atoms with Gasteiger partial charge in [0, 0.05) is 23.1 Å². The summed E-state index contributed by atoms with van der Waals surface area (Å²) in [6.45, 7) is 5.89. The van der Waals surface area contributed by atoms with Crippen molar-refractivity contribution < 1.29 is 8.42 Å². The van der Waals surface area contributed by atoms with Gasteiger partial charge >= 0.3 is 0 Å². The summed E-state index contributed by atoms with van der Waals surface area (Å²) in [6.07, 6.45) is 3.65. The Morgan fingerprint density at radius 2 is 2.06 bits per heavy atom. The SMILES string of the molecule is CCSC1CCC(NC(C)CS(=O)(=O)CC)C1. The molecule has 0 spiro atoms. The van der Waals surface area contributed by atoms with Crippen LogP contribution in [0.15, 0.2) is 0 Å². The van der Waals surface area contributed by atoms with Crippen molar-refractivity contribution in [2.24, 2.45) is 0 Å². The predicted octanol–water partition coefficient (Wildman–Crippen LogP) is 2.07. The normalized spacial score (nSPS) is 27.2. The van der Waals surface area contributed by atoms with Crippen molar-refractivity contribution >= 4 is 21.6 Å². The molecule has 3 nitrogen and oxygen atoms in total. The van der Waals surface area contributed by atoms with Crippen molar-refractivity contribution in [1.82, 2.24) is 5.32 Å². The Morgan fingerprint density at radius 3 is 2.65 bits per heavy atom. The summed E-state index contributed by atoms with van der Waals surface area (Å²) in [5, 5.41) is 4.24. The highest BCUT2D eigenvalue weighted by atomic mass is 32.2. The van der Waals surface area contributed by atoms with Gasteiger partial charge in [0.25, 0.3) is 0 Å². The molecule has 0 bridgehead atoms. The second-order valence-electron chi connectivity index (χ2n) is 4.85. The van der Waals surface area contributed by atoms with E-state index in [0.717, 1.165) is 5.25 Å². The first-order valence-corrected chi connectivity index (χ1v) is 9.42. The maximum Gasteiger partial charge on any atom is 0.151 e. The summed E-state index contributed by atoms with van der Waals surface area (Å²) in [7, 11) is -2.85. The maximum atomic E-state index is 11.5. The molecule has 3 atom stereocenters. The minimum absolute atomic E-state index is 0.0790. The van der Waals surface area contributed by atoms with Crippen LogP contribution in [-0.4, -0.2) is 43.0 Å². The summed E-state index contributed by atoms with van der Waals surface area (Å²) in [4.78, 5) is 0. The van der Waals surface area contributed by atoms with Crippen LogP contribution in [0.4, 0.5) is 0 Å². The van der Waals surface area contributed by atoms with Gasteiger partial charge in [-0.15, -0.1) is 0 Å². The van der Waals surface area contributed by atoms with Crippen LogP contribution in [0.3, 0.4) is 0 Å². The standard InChI is InChI=1S/C12H25NO2S2/c1-4-16-12-7-6-11(8-12)13-10(3)9-17(14,15)5-2/h10-13H,4-9H2,1-3H3. The molecule has 0 saturated heterocycles. The zero-order valence-corrected chi connectivity index (χ0v) is 12.7. The first kappa shape index (κ1) is 15.3. The van der Waals surface area contributed by atoms with Crippen molar-refractivity contribution in [3.8, 4) is 0 Å². The Labute approximate surface area is 110 Å². The average molecular weight is 279 g/mol. The van der Waals surface area contributed by atoms with Crippen molar-refractivity contribution in [3.63, 3.8) is 0 Å². The lowest BCUT2D eigenvalue weighted by Gasteiger charge is -2.19. The number of hydrogen-bond donors (Lipinski definition) is 1. The van der Waals surface area contributed by atoms with Gasteiger partial charge in [-0.25, -0.2) is 8.42 Å². The van der Waals surface area contributed by atoms with E-state index >= 15 is 0 Å². The van der Waals surface area contributed by atoms with Crippen LogP contribution >= 0.6 is 11.8 Å². The first-order valence-electron chi connectivity index (χ1n) is 6.55. The van der Waals surface area contributed by atoms with E-state index in [4.69, 9.17) is 0 Å². The molecule has 0 aromatic carbocycles. The van der Waals surface area contributed by atoms with Crippen LogP contribution in [0.1, 0.15) is 40.0 Å². The summed E-state index contributed by atoms with van der Waals surface area (Å²) in [5.74, 6) is 1.70. The van der Waals surface area contributed by atoms with Crippen LogP contribution in [-0.2, 0) is 9.84 Å². The lowest BCUT2D eigenvalue weighted by molar-refractivity contribution is 0.469. The summed E-state index contributed by atoms with van der Waals surface area (Å²) in [5.41, 5.74) is 0. The molecule has 1 aliphatic carbocycles. The van der Waals surface area contributed by atoms with E-state index in [9.17, 15) is 8.42 Å². The van der Waals surface area contributed by atoms with Gasteiger partial charge in [-0.05, 0) is 31.9 Å². The monoisotopic (exact) mass is 279 g/mol. The van der Waals surface area contributed by atoms with Gasteiger partial charge < -0.3 is 5.32 Å². The van der Waals surface area contributed by atoms with E-state index in [1.807, 2.05) is 18.7 Å². The Morgan fingerprint density at radius 1 is 1.35 bits per heavy atom. The van der Waals surface area contributed by atoms with E-state index in [2.05, 4.69) is 12.2 Å². The first-order chi connectivity index (χ1) is 7.96. The van der Waals surface area contributed by atoms with E-state index < -0.39 is 9.84 Å². The molecule has 1 rings (SSSR count). The minimum Gasteiger partial charge on any atom is -0.310 e. The quantitative estimate of drug-likeness (QED) is 0.775. The topological polar surface area (TPSA) is 46.2 Å². The molecule has 102 valence electrons. The third kappa shape index (κ3) is 5.62. The number of sulfone groups is 1. The lowest BCUT2D eigenvalue weighted by Crippen LogP contribution is -2.39. The third-order valence-corrected chi connectivity index (χ3v) is 6.37. The molecule has 0 aromatic rings. The summed E-state index contributed by atoms with van der Waals surface area (Å²) >= 11 is 2.03. The van der Waals surface area contributed by atoms with Crippen molar-refractivity contribution in [2.75, 3.05) is 17.3 Å². The Hall–Kier alpha value is 0.260. The highest BCUT2D eigenvalue weighted by Crippen LogP contribution is 2.29. The highest BCUT2D eigenvalue weighted by molar-refractivity contribution is 7.99. The minimum atomic E-state index is -2.85. The largest absolute Gasteiger partial charge is 0.310 e. The lowest BCUT2D eigenvalue weighted by atomic mass is 10.2. The Bertz CT molecular complexity index is 316. The zero-order chi connectivity index (χ0) is 12.9. The molecule has 1 N–H and O–H groups in total. The molecular weight excluding hydrogens is 254 g/mol. The second kappa shape index (κ2) is 7.00. The van der Waals surface area contributed by atoms with Crippen LogP contribution in [0.25, 0.3) is 0 Å². The molecule has 0 radical (unpaired) electrons. The number of thioether (sulfide) groups is 1. The van der Waals surface area contributed by atoms with Gasteiger partial charge in [-0.3, -0.25) is 0 Å². The van der Waals surface area contributed by atoms with E-state index in [0.29, 0.717) is 6.04 Å². The zero-order valence-electron chi connectivity index (χ0n) is 11.1. The number of nitrogens with one attached hydrogen (secondary N) is 1. The van der Waals surface area contributed by atoms with Crippen LogP contribution in [0.2, 0.25) is 0 Å². The number of rotatable bonds is 7. The van der Waals surface area contributed by atoms with Crippen molar-refractivity contribution in [3.05, 3.63) is 0 Å². The fourth-order valence-electron chi connectivity index (χ4n) is 2.43. The van der Waals surface area contributed by atoms with Gasteiger partial charge in [0.05, 0.1) is 5.75 Å². The van der Waals surface area contributed by atoms with Crippen LogP contribution < -0.4 is 5.32 Å². The van der Waals surface area contributed by atoms with E-state index in [1.54, 1.807) is 6.92 Å². The smallest absolute Gasteiger partial charge is 0.151 e. The molecule has 1 aliphatic rings. The molecule has 0 aliphatic heterocycles. The molecule has 3 unspecified atom stereocenters. The van der Waals surface area contributed by atoms with Gasteiger partial charge in [-0.1, -0.05) is 13.8 Å².